The number of ether oxygens (including phenoxy) is 1. The monoisotopic (exact) mass is 365 g/mol. The van der Waals surface area contributed by atoms with E-state index in [1.807, 2.05) is 4.90 Å². The van der Waals surface area contributed by atoms with Crippen LogP contribution >= 0.6 is 11.3 Å². The van der Waals surface area contributed by atoms with E-state index in [4.69, 9.17) is 4.74 Å². The van der Waals surface area contributed by atoms with Crippen LogP contribution in [0, 0.1) is 0 Å². The summed E-state index contributed by atoms with van der Waals surface area (Å²) in [5.74, 6) is 0.426. The fraction of sp³-hybridized carbons (Fsp3) is 0.353. The lowest BCUT2D eigenvalue weighted by atomic mass is 10.1. The van der Waals surface area contributed by atoms with Gasteiger partial charge in [0.25, 0.3) is 5.91 Å². The molecule has 0 saturated carbocycles. The van der Waals surface area contributed by atoms with Crippen LogP contribution in [0.15, 0.2) is 40.6 Å². The van der Waals surface area contributed by atoms with E-state index in [-0.39, 0.29) is 10.8 Å². The van der Waals surface area contributed by atoms with Crippen LogP contribution in [0.1, 0.15) is 17.4 Å². The van der Waals surface area contributed by atoms with Gasteiger partial charge in [-0.2, -0.15) is 0 Å². The number of benzene rings is 1. The molecule has 5 nitrogen and oxygen atoms in total. The molecule has 0 spiro atoms. The average molecular weight is 365 g/mol. The minimum Gasteiger partial charge on any atom is -0.481 e. The Kier molecular flexibility index (Phi) is 4.64. The van der Waals surface area contributed by atoms with Crippen LogP contribution in [0.3, 0.4) is 0 Å². The molecule has 1 aromatic heterocycles. The van der Waals surface area contributed by atoms with Crippen LogP contribution in [-0.4, -0.2) is 38.1 Å². The fourth-order valence-corrected chi connectivity index (χ4v) is 4.23. The lowest BCUT2D eigenvalue weighted by Gasteiger charge is -2.29. The first-order chi connectivity index (χ1) is 11.3. The third-order valence-electron chi connectivity index (χ3n) is 4.03. The number of nitrogens with zero attached hydrogens (tertiary/aromatic N) is 1. The smallest absolute Gasteiger partial charge is 0.263 e. The van der Waals surface area contributed by atoms with E-state index in [0.717, 1.165) is 12.7 Å². The maximum absolute atomic E-state index is 12.6. The van der Waals surface area contributed by atoms with E-state index in [0.29, 0.717) is 18.8 Å². The van der Waals surface area contributed by atoms with E-state index >= 15 is 0 Å². The van der Waals surface area contributed by atoms with Crippen LogP contribution in [0.25, 0.3) is 0 Å². The van der Waals surface area contributed by atoms with Crippen LogP contribution < -0.4 is 4.74 Å². The number of hydrogen-bond donors (Lipinski definition) is 0. The number of carbonyl (C=O) groups excluding carboxylic acids is 1. The molecule has 3 rings (SSSR count). The van der Waals surface area contributed by atoms with Gasteiger partial charge in [-0.15, -0.1) is 11.3 Å². The molecule has 0 aliphatic carbocycles. The molecule has 0 fully saturated rings. The van der Waals surface area contributed by atoms with Crippen molar-refractivity contribution in [2.75, 3.05) is 12.8 Å². The topological polar surface area (TPSA) is 63.7 Å². The molecule has 0 bridgehead atoms. The number of hydrogen-bond acceptors (Lipinski definition) is 5. The van der Waals surface area contributed by atoms with E-state index in [1.165, 1.54) is 22.6 Å². The highest BCUT2D eigenvalue weighted by Crippen LogP contribution is 2.25. The molecule has 1 atom stereocenters. The predicted octanol–water partition coefficient (Wildman–Crippen LogP) is 2.50. The van der Waals surface area contributed by atoms with Crippen molar-refractivity contribution < 1.29 is 17.9 Å². The molecule has 24 heavy (non-hydrogen) atoms. The first-order valence-corrected chi connectivity index (χ1v) is 10.4. The van der Waals surface area contributed by atoms with E-state index in [1.54, 1.807) is 30.4 Å². The van der Waals surface area contributed by atoms with Gasteiger partial charge in [0, 0.05) is 24.2 Å². The van der Waals surface area contributed by atoms with E-state index in [9.17, 15) is 13.2 Å². The highest BCUT2D eigenvalue weighted by molar-refractivity contribution is 7.90. The zero-order valence-corrected chi connectivity index (χ0v) is 15.2. The van der Waals surface area contributed by atoms with Crippen molar-refractivity contribution in [2.45, 2.75) is 30.9 Å². The number of sulfone groups is 1. The van der Waals surface area contributed by atoms with Gasteiger partial charge >= 0.3 is 0 Å². The Balaban J connectivity index is 1.64. The summed E-state index contributed by atoms with van der Waals surface area (Å²) in [5, 5.41) is 2.06. The second-order valence-electron chi connectivity index (χ2n) is 5.88. The summed E-state index contributed by atoms with van der Waals surface area (Å²) in [5.41, 5.74) is 1.21. The maximum atomic E-state index is 12.6. The number of amides is 1. The van der Waals surface area contributed by atoms with Crippen molar-refractivity contribution in [2.24, 2.45) is 0 Å². The molecule has 1 unspecified atom stereocenters. The number of carbonyl (C=O) groups is 1. The van der Waals surface area contributed by atoms with Crippen molar-refractivity contribution in [1.29, 1.82) is 0 Å². The van der Waals surface area contributed by atoms with E-state index in [2.05, 4.69) is 11.4 Å². The van der Waals surface area contributed by atoms with Gasteiger partial charge in [-0.05, 0) is 54.6 Å². The summed E-state index contributed by atoms with van der Waals surface area (Å²) in [6.07, 6.45) is 1.42. The van der Waals surface area contributed by atoms with Crippen molar-refractivity contribution in [3.63, 3.8) is 0 Å². The Morgan fingerprint density at radius 2 is 1.96 bits per heavy atom. The zero-order valence-electron chi connectivity index (χ0n) is 13.6. The highest BCUT2D eigenvalue weighted by atomic mass is 32.2. The minimum atomic E-state index is -3.23. The van der Waals surface area contributed by atoms with Crippen molar-refractivity contribution >= 4 is 27.1 Å². The summed E-state index contributed by atoms with van der Waals surface area (Å²) in [4.78, 5) is 16.0. The molecule has 0 saturated heterocycles. The standard InChI is InChI=1S/C17H19NO4S2/c1-12(22-14-3-5-15(6-4-14)24(2,20)21)17(19)18-9-7-16-13(11-18)8-10-23-16/h3-6,8,10,12H,7,9,11H2,1-2H3. The van der Waals surface area contributed by atoms with Gasteiger partial charge in [-0.25, -0.2) is 8.42 Å². The Morgan fingerprint density at radius 1 is 1.25 bits per heavy atom. The minimum absolute atomic E-state index is 0.0564. The Morgan fingerprint density at radius 3 is 2.62 bits per heavy atom. The van der Waals surface area contributed by atoms with Crippen LogP contribution in [-0.2, 0) is 27.6 Å². The van der Waals surface area contributed by atoms with Gasteiger partial charge < -0.3 is 9.64 Å². The molecule has 1 aliphatic rings. The fourth-order valence-electron chi connectivity index (χ4n) is 2.71. The Bertz CT molecular complexity index is 840. The SMILES string of the molecule is CC(Oc1ccc(S(C)(=O)=O)cc1)C(=O)N1CCc2sccc2C1. The van der Waals surface area contributed by atoms with Gasteiger partial charge in [0.15, 0.2) is 15.9 Å². The summed E-state index contributed by atoms with van der Waals surface area (Å²) in [6, 6.07) is 8.19. The molecule has 0 N–H and O–H groups in total. The third kappa shape index (κ3) is 3.62. The quantitative estimate of drug-likeness (QED) is 0.835. The molecule has 7 heteroatoms. The molecule has 2 aromatic rings. The second-order valence-corrected chi connectivity index (χ2v) is 8.90. The van der Waals surface area contributed by atoms with Crippen molar-refractivity contribution in [1.82, 2.24) is 4.90 Å². The lowest BCUT2D eigenvalue weighted by molar-refractivity contribution is -0.138. The Labute approximate surface area is 145 Å². The summed E-state index contributed by atoms with van der Waals surface area (Å²) >= 11 is 1.74. The molecule has 1 amide bonds. The van der Waals surface area contributed by atoms with E-state index < -0.39 is 15.9 Å². The highest BCUT2D eigenvalue weighted by Gasteiger charge is 2.26. The Hall–Kier alpha value is -1.86. The maximum Gasteiger partial charge on any atom is 0.263 e. The first-order valence-electron chi connectivity index (χ1n) is 7.65. The second kappa shape index (κ2) is 6.57. The van der Waals surface area contributed by atoms with Gasteiger partial charge in [0.05, 0.1) is 4.90 Å². The predicted molar refractivity (Wildman–Crippen MR) is 93.1 cm³/mol. The molecule has 0 radical (unpaired) electrons. The first kappa shape index (κ1) is 17.0. The van der Waals surface area contributed by atoms with Crippen LogP contribution in [0.5, 0.6) is 5.75 Å². The summed E-state index contributed by atoms with van der Waals surface area (Å²) in [6.45, 7) is 3.04. The summed E-state index contributed by atoms with van der Waals surface area (Å²) in [7, 11) is -3.23. The molecule has 1 aromatic carbocycles. The van der Waals surface area contributed by atoms with Crippen LogP contribution in [0.4, 0.5) is 0 Å². The lowest BCUT2D eigenvalue weighted by Crippen LogP contribution is -2.42. The molecule has 2 heterocycles. The number of rotatable bonds is 4. The van der Waals surface area contributed by atoms with Crippen molar-refractivity contribution in [3.8, 4) is 5.75 Å². The zero-order chi connectivity index (χ0) is 17.3. The molecule has 1 aliphatic heterocycles. The largest absolute Gasteiger partial charge is 0.481 e. The van der Waals surface area contributed by atoms with Crippen molar-refractivity contribution in [3.05, 3.63) is 46.2 Å². The normalized spacial score (nSPS) is 15.7. The third-order valence-corrected chi connectivity index (χ3v) is 6.18. The van der Waals surface area contributed by atoms with Crippen LogP contribution in [0.2, 0.25) is 0 Å². The number of thiophene rings is 1. The van der Waals surface area contributed by atoms with Gasteiger partial charge in [0.2, 0.25) is 0 Å². The summed E-state index contributed by atoms with van der Waals surface area (Å²) < 4.78 is 28.6. The molecular formula is C17H19NO4S2. The molecular weight excluding hydrogens is 346 g/mol. The average Bonchev–Trinajstić information content (AvgIpc) is 3.01. The molecule has 128 valence electrons. The van der Waals surface area contributed by atoms with Gasteiger partial charge in [-0.3, -0.25) is 4.79 Å². The number of fused-ring (bicyclic) bond motifs is 1. The van der Waals surface area contributed by atoms with Gasteiger partial charge in [0.1, 0.15) is 5.75 Å². The van der Waals surface area contributed by atoms with Gasteiger partial charge in [-0.1, -0.05) is 0 Å².